The van der Waals surface area contributed by atoms with Gasteiger partial charge >= 0.3 is 0 Å². The molecule has 5 rings (SSSR count). The maximum Gasteiger partial charge on any atom is 0.228 e. The molecule has 3 aromatic rings. The average molecular weight is 503 g/mol. The van der Waals surface area contributed by atoms with Crippen molar-refractivity contribution in [2.45, 2.75) is 26.2 Å². The molecule has 0 saturated heterocycles. The molecule has 0 fully saturated rings. The van der Waals surface area contributed by atoms with Gasteiger partial charge in [0.2, 0.25) is 5.91 Å². The van der Waals surface area contributed by atoms with Crippen LogP contribution >= 0.6 is 0 Å². The molecule has 2 heterocycles. The molecule has 1 aliphatic heterocycles. The number of carbonyl (C=O) groups excluding carboxylic acids is 3. The number of benzene rings is 2. The van der Waals surface area contributed by atoms with Crippen LogP contribution < -0.4 is 5.32 Å². The van der Waals surface area contributed by atoms with E-state index in [2.05, 4.69) is 34.1 Å². The molecule has 0 atom stereocenters. The fraction of sp³-hybridized carbons (Fsp3) is 0.129. The van der Waals surface area contributed by atoms with Gasteiger partial charge in [-0.2, -0.15) is 0 Å². The number of hydrogen-bond donors (Lipinski definition) is 2. The Morgan fingerprint density at radius 3 is 2.39 bits per heavy atom. The van der Waals surface area contributed by atoms with Crippen LogP contribution in [0.2, 0.25) is 0 Å². The molecule has 0 spiro atoms. The van der Waals surface area contributed by atoms with Crippen molar-refractivity contribution in [3.8, 4) is 11.3 Å². The SMILES string of the molecule is CC(C)c1cc(C(=O)c2cncc(NC(=O)Cc3cccc(C(=O)c4ccccc4)c3)c2)c2cnc[nH]c1-2. The molecule has 188 valence electrons. The summed E-state index contributed by atoms with van der Waals surface area (Å²) < 4.78 is 0. The number of ketones is 2. The number of nitrogens with zero attached hydrogens (tertiary/aromatic N) is 2. The Balaban J connectivity index is 1.31. The second-order valence-electron chi connectivity index (χ2n) is 9.42. The summed E-state index contributed by atoms with van der Waals surface area (Å²) in [6.45, 7) is 4.14. The minimum Gasteiger partial charge on any atom is -0.346 e. The zero-order chi connectivity index (χ0) is 26.6. The van der Waals surface area contributed by atoms with Crippen LogP contribution in [0.5, 0.6) is 0 Å². The number of hydrogen-bond acceptors (Lipinski definition) is 5. The molecule has 1 amide bonds. The Bertz CT molecular complexity index is 1600. The summed E-state index contributed by atoms with van der Waals surface area (Å²) in [5.41, 5.74) is 5.82. The predicted octanol–water partition coefficient (Wildman–Crippen LogP) is 5.68. The Hall–Kier alpha value is -4.91. The van der Waals surface area contributed by atoms with Crippen molar-refractivity contribution in [3.05, 3.63) is 125 Å². The van der Waals surface area contributed by atoms with Gasteiger partial charge in [-0.25, -0.2) is 4.98 Å². The summed E-state index contributed by atoms with van der Waals surface area (Å²) in [5, 5.41) is 2.82. The number of H-pyrrole nitrogens is 1. The predicted molar refractivity (Wildman–Crippen MR) is 146 cm³/mol. The van der Waals surface area contributed by atoms with E-state index in [0.29, 0.717) is 33.5 Å². The number of fused-ring (bicyclic) bond motifs is 1. The molecule has 2 aromatic carbocycles. The van der Waals surface area contributed by atoms with Gasteiger partial charge in [0, 0.05) is 40.2 Å². The topological polar surface area (TPSA) is 105 Å². The lowest BCUT2D eigenvalue weighted by Gasteiger charge is -2.08. The Labute approximate surface area is 220 Å². The van der Waals surface area contributed by atoms with Gasteiger partial charge in [0.25, 0.3) is 0 Å². The van der Waals surface area contributed by atoms with Gasteiger partial charge in [0.15, 0.2) is 11.6 Å². The molecule has 0 radical (unpaired) electrons. The highest BCUT2D eigenvalue weighted by Crippen LogP contribution is 2.35. The van der Waals surface area contributed by atoms with E-state index in [4.69, 9.17) is 0 Å². The van der Waals surface area contributed by atoms with Gasteiger partial charge in [-0.3, -0.25) is 19.4 Å². The molecule has 7 nitrogen and oxygen atoms in total. The first kappa shape index (κ1) is 24.8. The third kappa shape index (κ3) is 5.13. The van der Waals surface area contributed by atoms with E-state index in [1.165, 1.54) is 12.4 Å². The molecule has 1 aromatic heterocycles. The summed E-state index contributed by atoms with van der Waals surface area (Å²) >= 11 is 0. The molecular formula is C31H26N4O3. The number of carbonyl (C=O) groups is 3. The highest BCUT2D eigenvalue weighted by atomic mass is 16.1. The largest absolute Gasteiger partial charge is 0.346 e. The normalized spacial score (nSPS) is 11.0. The average Bonchev–Trinajstić information content (AvgIpc) is 3.33. The second-order valence-corrected chi connectivity index (χ2v) is 9.42. The van der Waals surface area contributed by atoms with Crippen LogP contribution in [0.1, 0.15) is 62.7 Å². The lowest BCUT2D eigenvalue weighted by molar-refractivity contribution is -0.115. The minimum absolute atomic E-state index is 0.0703. The summed E-state index contributed by atoms with van der Waals surface area (Å²) in [6, 6.07) is 19.6. The quantitative estimate of drug-likeness (QED) is 0.266. The molecule has 0 bridgehead atoms. The summed E-state index contributed by atoms with van der Waals surface area (Å²) in [4.78, 5) is 50.5. The van der Waals surface area contributed by atoms with Crippen molar-refractivity contribution in [1.29, 1.82) is 0 Å². The summed E-state index contributed by atoms with van der Waals surface area (Å²) in [5.74, 6) is -0.348. The maximum atomic E-state index is 13.4. The van der Waals surface area contributed by atoms with E-state index in [-0.39, 0.29) is 29.8 Å². The van der Waals surface area contributed by atoms with E-state index in [9.17, 15) is 14.4 Å². The van der Waals surface area contributed by atoms with E-state index in [1.54, 1.807) is 55.0 Å². The van der Waals surface area contributed by atoms with Crippen molar-refractivity contribution in [2.75, 3.05) is 5.32 Å². The van der Waals surface area contributed by atoms with E-state index in [1.807, 2.05) is 24.3 Å². The van der Waals surface area contributed by atoms with Gasteiger partial charge in [-0.1, -0.05) is 62.4 Å². The fourth-order valence-corrected chi connectivity index (χ4v) is 4.50. The number of amides is 1. The van der Waals surface area contributed by atoms with E-state index in [0.717, 1.165) is 16.8 Å². The smallest absolute Gasteiger partial charge is 0.228 e. The standard InChI is InChI=1S/C31H26N4O3/c1-19(2)25-14-26(27-17-33-18-34-29(25)27)31(38)23-13-24(16-32-15-23)35-28(36)12-20-7-6-10-22(11-20)30(37)21-8-4-3-5-9-21/h3-11,13-19H,12H2,1-2H3,(H,33,34)(H,35,36). The maximum absolute atomic E-state index is 13.4. The van der Waals surface area contributed by atoms with Crippen molar-refractivity contribution in [2.24, 2.45) is 0 Å². The Kier molecular flexibility index (Phi) is 6.91. The highest BCUT2D eigenvalue weighted by molar-refractivity contribution is 6.14. The van der Waals surface area contributed by atoms with Crippen molar-refractivity contribution < 1.29 is 14.4 Å². The van der Waals surface area contributed by atoms with Crippen molar-refractivity contribution in [1.82, 2.24) is 15.0 Å². The lowest BCUT2D eigenvalue weighted by atomic mass is 10.0. The number of nitrogens with one attached hydrogen (secondary N) is 2. The first-order valence-electron chi connectivity index (χ1n) is 12.3. The summed E-state index contributed by atoms with van der Waals surface area (Å²) in [6.07, 6.45) is 6.35. The van der Waals surface area contributed by atoms with Crippen LogP contribution in [0.4, 0.5) is 5.69 Å². The van der Waals surface area contributed by atoms with Crippen LogP contribution in [-0.2, 0) is 11.2 Å². The van der Waals surface area contributed by atoms with Crippen LogP contribution in [0.3, 0.4) is 0 Å². The van der Waals surface area contributed by atoms with Gasteiger partial charge in [-0.05, 0) is 35.2 Å². The first-order chi connectivity index (χ1) is 18.4. The third-order valence-electron chi connectivity index (χ3n) is 6.38. The number of aromatic amines is 1. The lowest BCUT2D eigenvalue weighted by Crippen LogP contribution is -2.15. The number of aromatic nitrogens is 3. The molecule has 38 heavy (non-hydrogen) atoms. The van der Waals surface area contributed by atoms with Crippen LogP contribution in [0.15, 0.2) is 91.6 Å². The zero-order valence-electron chi connectivity index (χ0n) is 21.1. The zero-order valence-corrected chi connectivity index (χ0v) is 21.1. The molecular weight excluding hydrogens is 476 g/mol. The molecule has 1 aliphatic carbocycles. The van der Waals surface area contributed by atoms with Gasteiger partial charge in [-0.15, -0.1) is 0 Å². The highest BCUT2D eigenvalue weighted by Gasteiger charge is 2.24. The Morgan fingerprint density at radius 1 is 0.816 bits per heavy atom. The number of anilines is 1. The Morgan fingerprint density at radius 2 is 1.61 bits per heavy atom. The van der Waals surface area contributed by atoms with Crippen molar-refractivity contribution in [3.63, 3.8) is 0 Å². The van der Waals surface area contributed by atoms with Gasteiger partial charge < -0.3 is 10.3 Å². The fourth-order valence-electron chi connectivity index (χ4n) is 4.50. The molecule has 2 aliphatic rings. The summed E-state index contributed by atoms with van der Waals surface area (Å²) in [7, 11) is 0. The molecule has 2 N–H and O–H groups in total. The van der Waals surface area contributed by atoms with Gasteiger partial charge in [0.05, 0.1) is 30.3 Å². The number of rotatable bonds is 8. The van der Waals surface area contributed by atoms with E-state index < -0.39 is 0 Å². The van der Waals surface area contributed by atoms with Crippen LogP contribution in [0, 0.1) is 0 Å². The van der Waals surface area contributed by atoms with Crippen LogP contribution in [-0.4, -0.2) is 32.4 Å². The minimum atomic E-state index is -0.277. The molecule has 0 saturated carbocycles. The molecule has 7 heteroatoms. The molecule has 0 unspecified atom stereocenters. The number of pyridine rings is 1. The van der Waals surface area contributed by atoms with Crippen molar-refractivity contribution >= 4 is 23.2 Å². The second kappa shape index (κ2) is 10.6. The van der Waals surface area contributed by atoms with Crippen LogP contribution in [0.25, 0.3) is 11.3 Å². The van der Waals surface area contributed by atoms with Gasteiger partial charge in [0.1, 0.15) is 0 Å². The first-order valence-corrected chi connectivity index (χ1v) is 12.3. The third-order valence-corrected chi connectivity index (χ3v) is 6.38. The van der Waals surface area contributed by atoms with E-state index >= 15 is 0 Å². The monoisotopic (exact) mass is 502 g/mol.